The zero-order valence-corrected chi connectivity index (χ0v) is 15.7. The smallest absolute Gasteiger partial charge is 0.257 e. The minimum atomic E-state index is -0.104. The number of rotatable bonds is 3. The number of fused-ring (bicyclic) bond motifs is 1. The molecular formula is C21H19N3OS. The molecule has 0 radical (unpaired) electrons. The molecule has 26 heavy (non-hydrogen) atoms. The van der Waals surface area contributed by atoms with Crippen molar-refractivity contribution in [3.05, 3.63) is 75.6 Å². The summed E-state index contributed by atoms with van der Waals surface area (Å²) in [6, 6.07) is 15.9. The van der Waals surface area contributed by atoms with E-state index < -0.39 is 0 Å². The van der Waals surface area contributed by atoms with Crippen LogP contribution in [0.1, 0.15) is 25.7 Å². The van der Waals surface area contributed by atoms with Crippen LogP contribution in [0.5, 0.6) is 0 Å². The highest BCUT2D eigenvalue weighted by molar-refractivity contribution is 7.12. The van der Waals surface area contributed by atoms with Gasteiger partial charge in [0.2, 0.25) is 0 Å². The summed E-state index contributed by atoms with van der Waals surface area (Å²) in [5.41, 5.74) is 4.38. The summed E-state index contributed by atoms with van der Waals surface area (Å²) in [7, 11) is 0. The number of amides is 1. The molecule has 0 saturated heterocycles. The predicted octanol–water partition coefficient (Wildman–Crippen LogP) is 5.24. The summed E-state index contributed by atoms with van der Waals surface area (Å²) < 4.78 is 1.95. The second kappa shape index (κ2) is 6.42. The summed E-state index contributed by atoms with van der Waals surface area (Å²) in [4.78, 5) is 19.9. The average Bonchev–Trinajstić information content (AvgIpc) is 3.17. The summed E-state index contributed by atoms with van der Waals surface area (Å²) in [6.07, 6.45) is 1.93. The Bertz CT molecular complexity index is 1110. The van der Waals surface area contributed by atoms with Crippen molar-refractivity contribution < 1.29 is 4.79 Å². The van der Waals surface area contributed by atoms with Crippen molar-refractivity contribution in [2.45, 2.75) is 20.8 Å². The minimum Gasteiger partial charge on any atom is -0.306 e. The molecule has 3 aromatic heterocycles. The fourth-order valence-corrected chi connectivity index (χ4v) is 4.07. The molecule has 5 heteroatoms. The minimum absolute atomic E-state index is 0.104. The lowest BCUT2D eigenvalue weighted by Crippen LogP contribution is -2.14. The van der Waals surface area contributed by atoms with Gasteiger partial charge >= 0.3 is 0 Å². The van der Waals surface area contributed by atoms with E-state index in [0.29, 0.717) is 11.4 Å². The third kappa shape index (κ3) is 2.80. The van der Waals surface area contributed by atoms with E-state index in [4.69, 9.17) is 4.98 Å². The lowest BCUT2D eigenvalue weighted by Gasteiger charge is -2.08. The standard InChI is InChI=1S/C21H19N3OS/c1-13-8-7-11-24-19(13)22-18(16-9-5-4-6-10-16)20(24)23-21(25)17-12-14(2)26-15(17)3/h4-12H,1-3H3,(H,23,25). The molecule has 0 bridgehead atoms. The highest BCUT2D eigenvalue weighted by Crippen LogP contribution is 2.31. The molecule has 0 aliphatic carbocycles. The molecule has 0 saturated carbocycles. The number of aryl methyl sites for hydroxylation is 3. The first-order chi connectivity index (χ1) is 12.5. The SMILES string of the molecule is Cc1cc(C(=O)Nc2c(-c3ccccc3)nc3c(C)cccn23)c(C)s1. The molecule has 3 heterocycles. The Morgan fingerprint density at radius 3 is 2.54 bits per heavy atom. The molecule has 4 aromatic rings. The molecule has 1 amide bonds. The van der Waals surface area contributed by atoms with Crippen LogP contribution in [0.2, 0.25) is 0 Å². The van der Waals surface area contributed by atoms with Crippen molar-refractivity contribution in [3.8, 4) is 11.3 Å². The number of carbonyl (C=O) groups is 1. The number of nitrogens with zero attached hydrogens (tertiary/aromatic N) is 2. The third-order valence-electron chi connectivity index (χ3n) is 4.41. The molecular weight excluding hydrogens is 342 g/mol. The third-order valence-corrected chi connectivity index (χ3v) is 5.38. The van der Waals surface area contributed by atoms with Crippen LogP contribution in [-0.4, -0.2) is 15.3 Å². The van der Waals surface area contributed by atoms with Gasteiger partial charge in [0.05, 0.1) is 5.56 Å². The predicted molar refractivity (Wildman–Crippen MR) is 107 cm³/mol. The summed E-state index contributed by atoms with van der Waals surface area (Å²) >= 11 is 1.63. The molecule has 1 aromatic carbocycles. The van der Waals surface area contributed by atoms with E-state index in [1.807, 2.05) is 79.9 Å². The highest BCUT2D eigenvalue weighted by Gasteiger charge is 2.19. The van der Waals surface area contributed by atoms with E-state index in [0.717, 1.165) is 32.2 Å². The van der Waals surface area contributed by atoms with Gasteiger partial charge in [0, 0.05) is 21.5 Å². The molecule has 4 rings (SSSR count). The van der Waals surface area contributed by atoms with Gasteiger partial charge in [0.1, 0.15) is 17.2 Å². The van der Waals surface area contributed by atoms with Gasteiger partial charge in [-0.15, -0.1) is 11.3 Å². The number of nitrogens with one attached hydrogen (secondary N) is 1. The van der Waals surface area contributed by atoms with Gasteiger partial charge in [-0.25, -0.2) is 4.98 Å². The molecule has 0 aliphatic rings. The van der Waals surface area contributed by atoms with Gasteiger partial charge < -0.3 is 5.32 Å². The van der Waals surface area contributed by atoms with Crippen LogP contribution in [0, 0.1) is 20.8 Å². The van der Waals surface area contributed by atoms with E-state index in [-0.39, 0.29) is 5.91 Å². The largest absolute Gasteiger partial charge is 0.306 e. The van der Waals surface area contributed by atoms with Gasteiger partial charge in [0.15, 0.2) is 0 Å². The maximum Gasteiger partial charge on any atom is 0.257 e. The van der Waals surface area contributed by atoms with Gasteiger partial charge in [-0.05, 0) is 38.5 Å². The van der Waals surface area contributed by atoms with Crippen molar-refractivity contribution in [2.75, 3.05) is 5.32 Å². The second-order valence-corrected chi connectivity index (χ2v) is 7.80. The summed E-state index contributed by atoms with van der Waals surface area (Å²) in [5.74, 6) is 0.593. The number of hydrogen-bond donors (Lipinski definition) is 1. The van der Waals surface area contributed by atoms with Gasteiger partial charge in [0.25, 0.3) is 5.91 Å². The fourth-order valence-electron chi connectivity index (χ4n) is 3.15. The van der Waals surface area contributed by atoms with Crippen LogP contribution >= 0.6 is 11.3 Å². The van der Waals surface area contributed by atoms with E-state index in [9.17, 15) is 4.79 Å². The second-order valence-electron chi connectivity index (χ2n) is 6.34. The van der Waals surface area contributed by atoms with E-state index >= 15 is 0 Å². The van der Waals surface area contributed by atoms with Gasteiger partial charge in [-0.2, -0.15) is 0 Å². The Balaban J connectivity index is 1.86. The van der Waals surface area contributed by atoms with E-state index in [2.05, 4.69) is 5.32 Å². The monoisotopic (exact) mass is 361 g/mol. The Labute approximate surface area is 156 Å². The lowest BCUT2D eigenvalue weighted by atomic mass is 10.1. The molecule has 0 spiro atoms. The Morgan fingerprint density at radius 1 is 1.08 bits per heavy atom. The number of aromatic nitrogens is 2. The van der Waals surface area contributed by atoms with E-state index in [1.54, 1.807) is 11.3 Å². The summed E-state index contributed by atoms with van der Waals surface area (Å²) in [6.45, 7) is 6.01. The Morgan fingerprint density at radius 2 is 1.85 bits per heavy atom. The zero-order chi connectivity index (χ0) is 18.3. The maximum absolute atomic E-state index is 12.9. The zero-order valence-electron chi connectivity index (χ0n) is 14.9. The van der Waals surface area contributed by atoms with Gasteiger partial charge in [-0.3, -0.25) is 9.20 Å². The molecule has 4 nitrogen and oxygen atoms in total. The first kappa shape index (κ1) is 16.5. The molecule has 0 atom stereocenters. The topological polar surface area (TPSA) is 46.4 Å². The number of thiophene rings is 1. The summed E-state index contributed by atoms with van der Waals surface area (Å²) in [5, 5.41) is 3.10. The Hall–Kier alpha value is -2.92. The Kier molecular flexibility index (Phi) is 4.09. The quantitative estimate of drug-likeness (QED) is 0.542. The first-order valence-electron chi connectivity index (χ1n) is 8.46. The highest BCUT2D eigenvalue weighted by atomic mass is 32.1. The maximum atomic E-state index is 12.9. The van der Waals surface area contributed by atoms with Crippen molar-refractivity contribution in [1.29, 1.82) is 0 Å². The number of imidazole rings is 1. The fraction of sp³-hybridized carbons (Fsp3) is 0.143. The molecule has 0 unspecified atom stereocenters. The van der Waals surface area contributed by atoms with Gasteiger partial charge in [-0.1, -0.05) is 36.4 Å². The number of anilines is 1. The van der Waals surface area contributed by atoms with Crippen LogP contribution in [0.4, 0.5) is 5.82 Å². The normalized spacial score (nSPS) is 11.0. The van der Waals surface area contributed by atoms with Crippen LogP contribution in [0.3, 0.4) is 0 Å². The molecule has 0 fully saturated rings. The first-order valence-corrected chi connectivity index (χ1v) is 9.27. The van der Waals surface area contributed by atoms with Crippen molar-refractivity contribution in [1.82, 2.24) is 9.38 Å². The molecule has 1 N–H and O–H groups in total. The molecule has 130 valence electrons. The number of pyridine rings is 1. The molecule has 0 aliphatic heterocycles. The van der Waals surface area contributed by atoms with E-state index in [1.165, 1.54) is 0 Å². The number of carbonyl (C=O) groups excluding carboxylic acids is 1. The lowest BCUT2D eigenvalue weighted by molar-refractivity contribution is 0.102. The average molecular weight is 361 g/mol. The van der Waals surface area contributed by atoms with Crippen LogP contribution in [-0.2, 0) is 0 Å². The van der Waals surface area contributed by atoms with Crippen LogP contribution < -0.4 is 5.32 Å². The number of hydrogen-bond acceptors (Lipinski definition) is 3. The van der Waals surface area contributed by atoms with Crippen molar-refractivity contribution >= 4 is 28.7 Å². The van der Waals surface area contributed by atoms with Crippen molar-refractivity contribution in [2.24, 2.45) is 0 Å². The van der Waals surface area contributed by atoms with Crippen LogP contribution in [0.25, 0.3) is 16.9 Å². The number of benzene rings is 1. The van der Waals surface area contributed by atoms with Crippen molar-refractivity contribution in [3.63, 3.8) is 0 Å². The van der Waals surface area contributed by atoms with Crippen LogP contribution in [0.15, 0.2) is 54.7 Å².